The molecule has 3 rings (SSSR count). The van der Waals surface area contributed by atoms with Gasteiger partial charge in [-0.3, -0.25) is 4.72 Å². The molecule has 1 fully saturated rings. The maximum Gasteiger partial charge on any atom is 0.263 e. The highest BCUT2D eigenvalue weighted by Crippen LogP contribution is 2.41. The second kappa shape index (κ2) is 4.64. The number of nitrogen functional groups attached to an aromatic ring is 1. The van der Waals surface area contributed by atoms with Gasteiger partial charge in [0.2, 0.25) is 0 Å². The van der Waals surface area contributed by atoms with E-state index < -0.39 is 10.0 Å². The van der Waals surface area contributed by atoms with E-state index in [1.54, 1.807) is 0 Å². The molecule has 1 aromatic carbocycles. The van der Waals surface area contributed by atoms with Crippen LogP contribution in [0.1, 0.15) is 24.5 Å². The number of thiazole rings is 1. The van der Waals surface area contributed by atoms with Gasteiger partial charge in [-0.25, -0.2) is 13.4 Å². The quantitative estimate of drug-likeness (QED) is 0.592. The van der Waals surface area contributed by atoms with Crippen LogP contribution in [-0.2, 0) is 10.0 Å². The number of aromatic hydroxyl groups is 1. The molecule has 0 aliphatic heterocycles. The number of aromatic nitrogens is 1. The number of rotatable bonds is 4. The smallest absolute Gasteiger partial charge is 0.263 e. The number of benzene rings is 1. The average Bonchev–Trinajstić information content (AvgIpc) is 3.14. The molecule has 6 nitrogen and oxygen atoms in total. The summed E-state index contributed by atoms with van der Waals surface area (Å²) in [7, 11) is -3.74. The molecule has 1 saturated carbocycles. The molecule has 106 valence electrons. The second-order valence-corrected chi connectivity index (χ2v) is 7.22. The molecule has 0 spiro atoms. The fourth-order valence-corrected chi connectivity index (χ4v) is 3.85. The van der Waals surface area contributed by atoms with E-state index in [0.717, 1.165) is 18.5 Å². The van der Waals surface area contributed by atoms with E-state index >= 15 is 0 Å². The van der Waals surface area contributed by atoms with E-state index in [9.17, 15) is 13.5 Å². The Kier molecular flexibility index (Phi) is 3.06. The van der Waals surface area contributed by atoms with Crippen molar-refractivity contribution in [1.29, 1.82) is 0 Å². The number of nitrogens with zero attached hydrogens (tertiary/aromatic N) is 1. The van der Waals surface area contributed by atoms with Gasteiger partial charge in [-0.1, -0.05) is 0 Å². The van der Waals surface area contributed by atoms with E-state index in [4.69, 9.17) is 5.73 Å². The summed E-state index contributed by atoms with van der Waals surface area (Å²) >= 11 is 1.26. The molecule has 2 aromatic rings. The highest BCUT2D eigenvalue weighted by atomic mass is 32.2. The molecule has 8 heteroatoms. The van der Waals surface area contributed by atoms with Gasteiger partial charge >= 0.3 is 0 Å². The zero-order valence-electron chi connectivity index (χ0n) is 10.4. The van der Waals surface area contributed by atoms with Gasteiger partial charge in [-0.2, -0.15) is 0 Å². The molecule has 1 heterocycles. The lowest BCUT2D eigenvalue weighted by molar-refractivity contribution is 0.477. The largest absolute Gasteiger partial charge is 0.506 e. The maximum absolute atomic E-state index is 12.2. The second-order valence-electron chi connectivity index (χ2n) is 4.68. The maximum atomic E-state index is 12.2. The lowest BCUT2D eigenvalue weighted by Crippen LogP contribution is -2.13. The number of nitrogens with two attached hydrogens (primary N) is 1. The van der Waals surface area contributed by atoms with Gasteiger partial charge in [0.05, 0.1) is 16.3 Å². The third-order valence-corrected chi connectivity index (χ3v) is 5.29. The molecule has 1 aromatic heterocycles. The number of nitrogens with one attached hydrogen (secondary N) is 1. The predicted octanol–water partition coefficient (Wildman–Crippen LogP) is 2.11. The zero-order valence-corrected chi connectivity index (χ0v) is 12.0. The van der Waals surface area contributed by atoms with Crippen LogP contribution >= 0.6 is 11.3 Å². The zero-order chi connectivity index (χ0) is 14.3. The standard InChI is InChI=1S/C12H13N3O3S2/c13-9-5-8(3-4-11(9)16)20(17,18)15-12-14-10(6-19-12)7-1-2-7/h3-7,16H,1-2,13H2,(H,14,15). The van der Waals surface area contributed by atoms with Gasteiger partial charge in [0.25, 0.3) is 10.0 Å². The normalized spacial score (nSPS) is 15.2. The van der Waals surface area contributed by atoms with Crippen LogP contribution in [0.4, 0.5) is 10.8 Å². The summed E-state index contributed by atoms with van der Waals surface area (Å²) in [6.07, 6.45) is 2.23. The Hall–Kier alpha value is -1.80. The average molecular weight is 311 g/mol. The van der Waals surface area contributed by atoms with Crippen molar-refractivity contribution in [2.24, 2.45) is 0 Å². The van der Waals surface area contributed by atoms with Gasteiger partial charge in [0.1, 0.15) is 5.75 Å². The van der Waals surface area contributed by atoms with Crippen molar-refractivity contribution in [3.63, 3.8) is 0 Å². The van der Waals surface area contributed by atoms with Crippen LogP contribution in [0.3, 0.4) is 0 Å². The number of hydrogen-bond acceptors (Lipinski definition) is 6. The Labute approximate surface area is 120 Å². The highest BCUT2D eigenvalue weighted by Gasteiger charge is 2.27. The van der Waals surface area contributed by atoms with Crippen molar-refractivity contribution in [3.8, 4) is 5.75 Å². The molecule has 1 aliphatic carbocycles. The first-order chi connectivity index (χ1) is 9.45. The van der Waals surface area contributed by atoms with Crippen molar-refractivity contribution in [1.82, 2.24) is 4.98 Å². The fourth-order valence-electron chi connectivity index (χ4n) is 1.77. The van der Waals surface area contributed by atoms with Crippen LogP contribution in [0.2, 0.25) is 0 Å². The van der Waals surface area contributed by atoms with E-state index in [1.807, 2.05) is 5.38 Å². The number of sulfonamides is 1. The lowest BCUT2D eigenvalue weighted by atomic mass is 10.3. The minimum atomic E-state index is -3.74. The molecule has 0 saturated heterocycles. The van der Waals surface area contributed by atoms with Crippen molar-refractivity contribution >= 4 is 32.2 Å². The number of phenolic OH excluding ortho intramolecular Hbond substituents is 1. The molecule has 1 aliphatic rings. The number of phenols is 1. The summed E-state index contributed by atoms with van der Waals surface area (Å²) in [5, 5.41) is 11.5. The molecule has 0 atom stereocenters. The monoisotopic (exact) mass is 311 g/mol. The Morgan fingerprint density at radius 1 is 1.40 bits per heavy atom. The van der Waals surface area contributed by atoms with E-state index in [0.29, 0.717) is 11.0 Å². The van der Waals surface area contributed by atoms with Crippen molar-refractivity contribution in [3.05, 3.63) is 29.3 Å². The minimum absolute atomic E-state index is 0.00373. The van der Waals surface area contributed by atoms with E-state index in [2.05, 4.69) is 9.71 Å². The Balaban J connectivity index is 1.84. The summed E-state index contributed by atoms with van der Waals surface area (Å²) in [5.74, 6) is 0.336. The molecule has 4 N–H and O–H groups in total. The van der Waals surface area contributed by atoms with Crippen LogP contribution in [0.5, 0.6) is 5.75 Å². The Morgan fingerprint density at radius 2 is 2.15 bits per heavy atom. The fraction of sp³-hybridized carbons (Fsp3) is 0.250. The summed E-state index contributed by atoms with van der Waals surface area (Å²) in [5.41, 5.74) is 6.47. The first-order valence-electron chi connectivity index (χ1n) is 6.02. The topological polar surface area (TPSA) is 105 Å². The van der Waals surface area contributed by atoms with Gasteiger partial charge in [-0.15, -0.1) is 11.3 Å². The highest BCUT2D eigenvalue weighted by molar-refractivity contribution is 7.93. The summed E-state index contributed by atoms with van der Waals surface area (Å²) < 4.78 is 26.8. The third kappa shape index (κ3) is 2.56. The van der Waals surface area contributed by atoms with Crippen molar-refractivity contribution < 1.29 is 13.5 Å². The molecular formula is C12H13N3O3S2. The summed E-state index contributed by atoms with van der Waals surface area (Å²) in [6.45, 7) is 0. The third-order valence-electron chi connectivity index (χ3n) is 3.05. The molecule has 0 radical (unpaired) electrons. The van der Waals surface area contributed by atoms with Crippen LogP contribution in [0.15, 0.2) is 28.5 Å². The predicted molar refractivity (Wildman–Crippen MR) is 77.4 cm³/mol. The summed E-state index contributed by atoms with van der Waals surface area (Å²) in [6, 6.07) is 3.76. The van der Waals surface area contributed by atoms with Gasteiger partial charge in [0.15, 0.2) is 5.13 Å². The van der Waals surface area contributed by atoms with Crippen LogP contribution in [-0.4, -0.2) is 18.5 Å². The summed E-state index contributed by atoms with van der Waals surface area (Å²) in [4.78, 5) is 4.27. The number of anilines is 2. The lowest BCUT2D eigenvalue weighted by Gasteiger charge is -2.06. The van der Waals surface area contributed by atoms with E-state index in [-0.39, 0.29) is 16.3 Å². The molecular weight excluding hydrogens is 298 g/mol. The van der Waals surface area contributed by atoms with Crippen LogP contribution in [0.25, 0.3) is 0 Å². The van der Waals surface area contributed by atoms with Crippen molar-refractivity contribution in [2.45, 2.75) is 23.7 Å². The minimum Gasteiger partial charge on any atom is -0.506 e. The van der Waals surface area contributed by atoms with Gasteiger partial charge in [0, 0.05) is 11.3 Å². The van der Waals surface area contributed by atoms with Crippen LogP contribution in [0, 0.1) is 0 Å². The SMILES string of the molecule is Nc1cc(S(=O)(=O)Nc2nc(C3CC3)cs2)ccc1O. The van der Waals surface area contributed by atoms with Gasteiger partial charge in [-0.05, 0) is 31.0 Å². The molecule has 0 bridgehead atoms. The van der Waals surface area contributed by atoms with Crippen molar-refractivity contribution in [2.75, 3.05) is 10.5 Å². The van der Waals surface area contributed by atoms with E-state index in [1.165, 1.54) is 29.5 Å². The molecule has 0 unspecified atom stereocenters. The first kappa shape index (κ1) is 13.2. The molecule has 20 heavy (non-hydrogen) atoms. The Bertz CT molecular complexity index is 751. The molecule has 0 amide bonds. The first-order valence-corrected chi connectivity index (χ1v) is 8.39. The van der Waals surface area contributed by atoms with Gasteiger partial charge < -0.3 is 10.8 Å². The van der Waals surface area contributed by atoms with Crippen LogP contribution < -0.4 is 10.5 Å². The number of hydrogen-bond donors (Lipinski definition) is 3. The Morgan fingerprint density at radius 3 is 2.80 bits per heavy atom.